The molecule has 2 aromatic heterocycles. The average molecular weight is 397 g/mol. The van der Waals surface area contributed by atoms with Crippen molar-refractivity contribution in [3.05, 3.63) is 53.8 Å². The highest BCUT2D eigenvalue weighted by atomic mass is 35.5. The molecule has 7 heteroatoms. The second-order valence-electron chi connectivity index (χ2n) is 6.92. The van der Waals surface area contributed by atoms with Crippen LogP contribution in [0.25, 0.3) is 22.6 Å². The van der Waals surface area contributed by atoms with Gasteiger partial charge in [0.1, 0.15) is 11.6 Å². The maximum absolute atomic E-state index is 10.4. The highest BCUT2D eigenvalue weighted by molar-refractivity contribution is 6.33. The van der Waals surface area contributed by atoms with Gasteiger partial charge in [0.2, 0.25) is 0 Å². The first-order chi connectivity index (χ1) is 13.7. The summed E-state index contributed by atoms with van der Waals surface area (Å²) in [6.45, 7) is 1.84. The molecule has 0 amide bonds. The zero-order valence-corrected chi connectivity index (χ0v) is 16.0. The second kappa shape index (κ2) is 8.12. The van der Waals surface area contributed by atoms with Crippen LogP contribution in [0.5, 0.6) is 5.75 Å². The van der Waals surface area contributed by atoms with Gasteiger partial charge in [-0.15, -0.1) is 0 Å². The highest BCUT2D eigenvalue weighted by Crippen LogP contribution is 2.37. The van der Waals surface area contributed by atoms with Gasteiger partial charge in [-0.05, 0) is 43.0 Å². The molecule has 0 atom stereocenters. The molecule has 1 aliphatic heterocycles. The minimum absolute atomic E-state index is 0.0771. The lowest BCUT2D eigenvalue weighted by Crippen LogP contribution is -2.35. The van der Waals surface area contributed by atoms with E-state index >= 15 is 0 Å². The minimum atomic E-state index is 0.0771. The van der Waals surface area contributed by atoms with E-state index in [2.05, 4.69) is 14.9 Å². The molecule has 1 aliphatic rings. The van der Waals surface area contributed by atoms with Crippen LogP contribution in [0.4, 0.5) is 5.82 Å². The molecule has 6 nitrogen and oxygen atoms in total. The van der Waals surface area contributed by atoms with Gasteiger partial charge in [0.05, 0.1) is 16.3 Å². The summed E-state index contributed by atoms with van der Waals surface area (Å²) in [4.78, 5) is 15.8. The molecule has 4 rings (SSSR count). The predicted octanol–water partition coefficient (Wildman–Crippen LogP) is 3.77. The SMILES string of the molecule is OCC1CCN(c2cc(-c3c(O)cccc3Cl)nc(-c3cccnc3)n2)CC1. The van der Waals surface area contributed by atoms with Crippen molar-refractivity contribution in [2.24, 2.45) is 5.92 Å². The van der Waals surface area contributed by atoms with E-state index in [1.807, 2.05) is 18.2 Å². The lowest BCUT2D eigenvalue weighted by molar-refractivity contribution is 0.203. The van der Waals surface area contributed by atoms with Crippen LogP contribution in [0.2, 0.25) is 5.02 Å². The molecule has 0 radical (unpaired) electrons. The van der Waals surface area contributed by atoms with E-state index in [0.717, 1.165) is 37.3 Å². The molecule has 1 saturated heterocycles. The zero-order chi connectivity index (χ0) is 19.5. The number of halogens is 1. The van der Waals surface area contributed by atoms with Crippen LogP contribution in [-0.2, 0) is 0 Å². The molecule has 3 heterocycles. The minimum Gasteiger partial charge on any atom is -0.507 e. The number of aromatic nitrogens is 3. The van der Waals surface area contributed by atoms with E-state index in [4.69, 9.17) is 16.6 Å². The van der Waals surface area contributed by atoms with Gasteiger partial charge in [-0.1, -0.05) is 17.7 Å². The summed E-state index contributed by atoms with van der Waals surface area (Å²) >= 11 is 6.36. The molecule has 2 N–H and O–H groups in total. The monoisotopic (exact) mass is 396 g/mol. The Hall–Kier alpha value is -2.70. The van der Waals surface area contributed by atoms with E-state index in [1.54, 1.807) is 30.6 Å². The molecule has 0 unspecified atom stereocenters. The number of hydrogen-bond donors (Lipinski definition) is 2. The van der Waals surface area contributed by atoms with Crippen LogP contribution < -0.4 is 4.90 Å². The van der Waals surface area contributed by atoms with E-state index < -0.39 is 0 Å². The van der Waals surface area contributed by atoms with Gasteiger partial charge in [0.25, 0.3) is 0 Å². The van der Waals surface area contributed by atoms with E-state index in [-0.39, 0.29) is 12.4 Å². The number of anilines is 1. The topological polar surface area (TPSA) is 82.4 Å². The number of piperidine rings is 1. The van der Waals surface area contributed by atoms with Crippen molar-refractivity contribution in [2.45, 2.75) is 12.8 Å². The van der Waals surface area contributed by atoms with Crippen molar-refractivity contribution in [3.8, 4) is 28.4 Å². The quantitative estimate of drug-likeness (QED) is 0.698. The Morgan fingerprint density at radius 2 is 1.93 bits per heavy atom. The number of hydrogen-bond acceptors (Lipinski definition) is 6. The summed E-state index contributed by atoms with van der Waals surface area (Å²) in [5.74, 6) is 1.72. The van der Waals surface area contributed by atoms with Crippen molar-refractivity contribution in [1.29, 1.82) is 0 Å². The van der Waals surface area contributed by atoms with Crippen molar-refractivity contribution >= 4 is 17.4 Å². The fraction of sp³-hybridized carbons (Fsp3) is 0.286. The van der Waals surface area contributed by atoms with Gasteiger partial charge in [0.15, 0.2) is 5.82 Å². The largest absolute Gasteiger partial charge is 0.507 e. The van der Waals surface area contributed by atoms with Crippen LogP contribution in [-0.4, -0.2) is 44.9 Å². The third-order valence-electron chi connectivity index (χ3n) is 5.08. The van der Waals surface area contributed by atoms with Gasteiger partial charge in [-0.2, -0.15) is 0 Å². The van der Waals surface area contributed by atoms with Crippen LogP contribution in [0, 0.1) is 5.92 Å². The normalized spacial score (nSPS) is 15.0. The van der Waals surface area contributed by atoms with Crippen molar-refractivity contribution in [2.75, 3.05) is 24.6 Å². The number of phenolic OH excluding ortho intramolecular Hbond substituents is 1. The Morgan fingerprint density at radius 1 is 1.11 bits per heavy atom. The molecule has 0 bridgehead atoms. The summed E-state index contributed by atoms with van der Waals surface area (Å²) in [6, 6.07) is 10.6. The maximum Gasteiger partial charge on any atom is 0.163 e. The smallest absolute Gasteiger partial charge is 0.163 e. The Labute approximate surface area is 168 Å². The Bertz CT molecular complexity index is 940. The number of aliphatic hydroxyl groups is 1. The second-order valence-corrected chi connectivity index (χ2v) is 7.33. The fourth-order valence-corrected chi connectivity index (χ4v) is 3.73. The number of phenols is 1. The standard InChI is InChI=1S/C21H21ClN4O2/c22-16-4-1-5-18(28)20(16)17-11-19(26-9-6-14(13-27)7-10-26)25-21(24-17)15-3-2-8-23-12-15/h1-5,8,11-12,14,27-28H,6-7,9-10,13H2. The molecular formula is C21H21ClN4O2. The first kappa shape index (κ1) is 18.7. The average Bonchev–Trinajstić information content (AvgIpc) is 2.74. The molecule has 1 fully saturated rings. The molecule has 28 heavy (non-hydrogen) atoms. The summed E-state index contributed by atoms with van der Waals surface area (Å²) in [5.41, 5.74) is 1.85. The third-order valence-corrected chi connectivity index (χ3v) is 5.39. The van der Waals surface area contributed by atoms with Gasteiger partial charge in [-0.3, -0.25) is 4.98 Å². The summed E-state index contributed by atoms with van der Waals surface area (Å²) in [5, 5.41) is 20.2. The Kier molecular flexibility index (Phi) is 5.41. The van der Waals surface area contributed by atoms with E-state index in [1.165, 1.54) is 0 Å². The third kappa shape index (κ3) is 3.79. The summed E-state index contributed by atoms with van der Waals surface area (Å²) in [6.07, 6.45) is 5.24. The number of aliphatic hydroxyl groups excluding tert-OH is 1. The Balaban J connectivity index is 1.80. The van der Waals surface area contributed by atoms with Crippen LogP contribution >= 0.6 is 11.6 Å². The molecule has 0 aliphatic carbocycles. The van der Waals surface area contributed by atoms with Crippen molar-refractivity contribution in [1.82, 2.24) is 15.0 Å². The molecule has 0 saturated carbocycles. The van der Waals surface area contributed by atoms with Gasteiger partial charge in [0, 0.05) is 43.7 Å². The highest BCUT2D eigenvalue weighted by Gasteiger charge is 2.22. The molecule has 144 valence electrons. The van der Waals surface area contributed by atoms with E-state index in [9.17, 15) is 10.2 Å². The lowest BCUT2D eigenvalue weighted by atomic mass is 9.98. The number of pyridine rings is 1. The maximum atomic E-state index is 10.4. The number of rotatable bonds is 4. The number of nitrogens with zero attached hydrogens (tertiary/aromatic N) is 4. The predicted molar refractivity (Wildman–Crippen MR) is 109 cm³/mol. The summed E-state index contributed by atoms with van der Waals surface area (Å²) < 4.78 is 0. The van der Waals surface area contributed by atoms with Gasteiger partial charge >= 0.3 is 0 Å². The number of benzene rings is 1. The van der Waals surface area contributed by atoms with E-state index in [0.29, 0.717) is 28.0 Å². The first-order valence-corrected chi connectivity index (χ1v) is 9.66. The van der Waals surface area contributed by atoms with Crippen molar-refractivity contribution in [3.63, 3.8) is 0 Å². The van der Waals surface area contributed by atoms with Crippen molar-refractivity contribution < 1.29 is 10.2 Å². The number of aromatic hydroxyl groups is 1. The Morgan fingerprint density at radius 3 is 2.61 bits per heavy atom. The molecule has 1 aromatic carbocycles. The lowest BCUT2D eigenvalue weighted by Gasteiger charge is -2.32. The van der Waals surface area contributed by atoms with Gasteiger partial charge in [-0.25, -0.2) is 9.97 Å². The summed E-state index contributed by atoms with van der Waals surface area (Å²) in [7, 11) is 0. The molecule has 3 aromatic rings. The van der Waals surface area contributed by atoms with Crippen LogP contribution in [0.1, 0.15) is 12.8 Å². The molecular weight excluding hydrogens is 376 g/mol. The molecule has 0 spiro atoms. The fourth-order valence-electron chi connectivity index (χ4n) is 3.46. The zero-order valence-electron chi connectivity index (χ0n) is 15.3. The van der Waals surface area contributed by atoms with Crippen LogP contribution in [0.3, 0.4) is 0 Å². The first-order valence-electron chi connectivity index (χ1n) is 9.29. The van der Waals surface area contributed by atoms with Crippen LogP contribution in [0.15, 0.2) is 48.8 Å². The van der Waals surface area contributed by atoms with Gasteiger partial charge < -0.3 is 15.1 Å².